The zero-order valence-electron chi connectivity index (χ0n) is 20.7. The fourth-order valence-corrected chi connectivity index (χ4v) is 4.26. The minimum Gasteiger partial charge on any atom is -0.495 e. The standard InChI is InChI=1S/C25H35N3O5S/c1-7-19(3)26-25(30)20(4)27(16-21-11-9-8-10-12-21)24(29)17-28(34(6,31)32)22-15-18(2)13-14-23(22)33-5/h8-15,19-20H,7,16-17H2,1-6H3,(H,26,30)/t19-,20+/m1/s1. The van der Waals surface area contributed by atoms with Gasteiger partial charge in [0.25, 0.3) is 0 Å². The van der Waals surface area contributed by atoms with Gasteiger partial charge in [0, 0.05) is 12.6 Å². The quantitative estimate of drug-likeness (QED) is 0.523. The monoisotopic (exact) mass is 489 g/mol. The molecule has 0 unspecified atom stereocenters. The van der Waals surface area contributed by atoms with Gasteiger partial charge in [0.2, 0.25) is 21.8 Å². The van der Waals surface area contributed by atoms with Crippen LogP contribution in [0.3, 0.4) is 0 Å². The molecule has 0 radical (unpaired) electrons. The molecule has 2 amide bonds. The predicted molar refractivity (Wildman–Crippen MR) is 134 cm³/mol. The number of nitrogens with zero attached hydrogens (tertiary/aromatic N) is 2. The van der Waals surface area contributed by atoms with E-state index in [-0.39, 0.29) is 24.2 Å². The SMILES string of the molecule is CC[C@@H](C)NC(=O)[C@H](C)N(Cc1ccccc1)C(=O)CN(c1cc(C)ccc1OC)S(C)(=O)=O. The summed E-state index contributed by atoms with van der Waals surface area (Å²) in [6, 6.07) is 13.6. The highest BCUT2D eigenvalue weighted by atomic mass is 32.2. The first-order chi connectivity index (χ1) is 16.0. The Balaban J connectivity index is 2.43. The van der Waals surface area contributed by atoms with Gasteiger partial charge < -0.3 is 15.0 Å². The summed E-state index contributed by atoms with van der Waals surface area (Å²) < 4.78 is 31.9. The smallest absolute Gasteiger partial charge is 0.244 e. The minimum absolute atomic E-state index is 0.0484. The number of aryl methyl sites for hydroxylation is 1. The second-order valence-corrected chi connectivity index (χ2v) is 10.4. The summed E-state index contributed by atoms with van der Waals surface area (Å²) >= 11 is 0. The van der Waals surface area contributed by atoms with Crippen molar-refractivity contribution in [3.63, 3.8) is 0 Å². The van der Waals surface area contributed by atoms with Crippen LogP contribution < -0.4 is 14.4 Å². The maximum Gasteiger partial charge on any atom is 0.244 e. The molecule has 0 saturated carbocycles. The van der Waals surface area contributed by atoms with Gasteiger partial charge in [-0.05, 0) is 50.5 Å². The zero-order valence-corrected chi connectivity index (χ0v) is 21.6. The molecule has 0 aliphatic rings. The molecule has 34 heavy (non-hydrogen) atoms. The molecule has 0 spiro atoms. The number of hydrogen-bond donors (Lipinski definition) is 1. The van der Waals surface area contributed by atoms with Crippen molar-refractivity contribution in [3.8, 4) is 5.75 Å². The van der Waals surface area contributed by atoms with Crippen molar-refractivity contribution >= 4 is 27.5 Å². The van der Waals surface area contributed by atoms with Crippen LogP contribution in [0.2, 0.25) is 0 Å². The Morgan fingerprint density at radius 1 is 1.09 bits per heavy atom. The van der Waals surface area contributed by atoms with Gasteiger partial charge in [-0.3, -0.25) is 13.9 Å². The third-order valence-electron chi connectivity index (χ3n) is 5.65. The van der Waals surface area contributed by atoms with Crippen LogP contribution >= 0.6 is 0 Å². The first-order valence-electron chi connectivity index (χ1n) is 11.2. The topological polar surface area (TPSA) is 96.0 Å². The van der Waals surface area contributed by atoms with Crippen molar-refractivity contribution in [2.75, 3.05) is 24.2 Å². The first kappa shape index (κ1) is 27.2. The molecule has 9 heteroatoms. The Bertz CT molecular complexity index is 1090. The van der Waals surface area contributed by atoms with Gasteiger partial charge in [-0.15, -0.1) is 0 Å². The average Bonchev–Trinajstić information content (AvgIpc) is 2.80. The van der Waals surface area contributed by atoms with Crippen LogP contribution in [-0.4, -0.2) is 57.1 Å². The van der Waals surface area contributed by atoms with Crippen LogP contribution in [0.4, 0.5) is 5.69 Å². The molecular formula is C25H35N3O5S. The number of anilines is 1. The Morgan fingerprint density at radius 2 is 1.74 bits per heavy atom. The fourth-order valence-electron chi connectivity index (χ4n) is 3.42. The molecule has 0 saturated heterocycles. The number of sulfonamides is 1. The minimum atomic E-state index is -3.83. The molecule has 1 N–H and O–H groups in total. The lowest BCUT2D eigenvalue weighted by Gasteiger charge is -2.32. The molecule has 0 aromatic heterocycles. The van der Waals surface area contributed by atoms with Gasteiger partial charge >= 0.3 is 0 Å². The van der Waals surface area contributed by atoms with E-state index >= 15 is 0 Å². The Kier molecular flexibility index (Phi) is 9.49. The average molecular weight is 490 g/mol. The summed E-state index contributed by atoms with van der Waals surface area (Å²) in [6.45, 7) is 7.03. The number of nitrogens with one attached hydrogen (secondary N) is 1. The summed E-state index contributed by atoms with van der Waals surface area (Å²) in [7, 11) is -2.39. The third-order valence-corrected chi connectivity index (χ3v) is 6.77. The van der Waals surface area contributed by atoms with Crippen molar-refractivity contribution < 1.29 is 22.7 Å². The van der Waals surface area contributed by atoms with Crippen molar-refractivity contribution in [2.45, 2.75) is 52.7 Å². The third kappa shape index (κ3) is 7.21. The van der Waals surface area contributed by atoms with E-state index in [9.17, 15) is 18.0 Å². The molecule has 2 atom stereocenters. The Labute approximate surface area is 202 Å². The van der Waals surface area contributed by atoms with E-state index in [0.29, 0.717) is 5.75 Å². The van der Waals surface area contributed by atoms with Crippen LogP contribution in [0.25, 0.3) is 0 Å². The molecule has 2 aromatic rings. The van der Waals surface area contributed by atoms with Crippen LogP contribution in [0.5, 0.6) is 5.75 Å². The lowest BCUT2D eigenvalue weighted by Crippen LogP contribution is -2.52. The number of carbonyl (C=O) groups is 2. The van der Waals surface area contributed by atoms with Crippen LogP contribution in [0.1, 0.15) is 38.3 Å². The molecule has 0 bridgehead atoms. The predicted octanol–water partition coefficient (Wildman–Crippen LogP) is 3.10. The summed E-state index contributed by atoms with van der Waals surface area (Å²) in [4.78, 5) is 27.9. The highest BCUT2D eigenvalue weighted by Gasteiger charge is 2.31. The second-order valence-electron chi connectivity index (χ2n) is 8.45. The number of benzene rings is 2. The number of methoxy groups -OCH3 is 1. The normalized spacial score (nSPS) is 13.0. The van der Waals surface area contributed by atoms with Gasteiger partial charge in [-0.1, -0.05) is 43.3 Å². The number of carbonyl (C=O) groups excluding carboxylic acids is 2. The van der Waals surface area contributed by atoms with Gasteiger partial charge in [0.15, 0.2) is 0 Å². The van der Waals surface area contributed by atoms with Crippen LogP contribution in [0.15, 0.2) is 48.5 Å². The van der Waals surface area contributed by atoms with Gasteiger partial charge in [0.1, 0.15) is 18.3 Å². The highest BCUT2D eigenvalue weighted by Crippen LogP contribution is 2.31. The van der Waals surface area contributed by atoms with E-state index in [4.69, 9.17) is 4.74 Å². The maximum atomic E-state index is 13.6. The molecule has 2 rings (SSSR count). The summed E-state index contributed by atoms with van der Waals surface area (Å²) in [5.41, 5.74) is 1.92. The van der Waals surface area contributed by atoms with Gasteiger partial charge in [0.05, 0.1) is 19.1 Å². The summed E-state index contributed by atoms with van der Waals surface area (Å²) in [6.07, 6.45) is 1.79. The van der Waals surface area contributed by atoms with Crippen molar-refractivity contribution in [1.82, 2.24) is 10.2 Å². The summed E-state index contributed by atoms with van der Waals surface area (Å²) in [5, 5.41) is 2.91. The summed E-state index contributed by atoms with van der Waals surface area (Å²) in [5.74, 6) is -0.455. The van der Waals surface area contributed by atoms with Crippen molar-refractivity contribution in [2.24, 2.45) is 0 Å². The molecule has 8 nitrogen and oxygen atoms in total. The number of rotatable bonds is 11. The van der Waals surface area contributed by atoms with Gasteiger partial charge in [-0.2, -0.15) is 0 Å². The Morgan fingerprint density at radius 3 is 2.29 bits per heavy atom. The molecule has 2 aromatic carbocycles. The lowest BCUT2D eigenvalue weighted by molar-refractivity contribution is -0.139. The fraction of sp³-hybridized carbons (Fsp3) is 0.440. The molecule has 0 fully saturated rings. The van der Waals surface area contributed by atoms with E-state index in [1.165, 1.54) is 12.0 Å². The molecule has 186 valence electrons. The number of amides is 2. The van der Waals surface area contributed by atoms with Crippen LogP contribution in [-0.2, 0) is 26.2 Å². The number of hydrogen-bond acceptors (Lipinski definition) is 5. The molecule has 0 heterocycles. The van der Waals surface area contributed by atoms with E-state index < -0.39 is 28.5 Å². The Hall–Kier alpha value is -3.07. The maximum absolute atomic E-state index is 13.6. The highest BCUT2D eigenvalue weighted by molar-refractivity contribution is 7.92. The van der Waals surface area contributed by atoms with E-state index in [1.54, 1.807) is 25.1 Å². The first-order valence-corrected chi connectivity index (χ1v) is 13.1. The van der Waals surface area contributed by atoms with E-state index in [1.807, 2.05) is 51.1 Å². The largest absolute Gasteiger partial charge is 0.495 e. The molecular weight excluding hydrogens is 454 g/mol. The zero-order chi connectivity index (χ0) is 25.5. The van der Waals surface area contributed by atoms with E-state index in [0.717, 1.165) is 28.1 Å². The molecule has 0 aliphatic carbocycles. The van der Waals surface area contributed by atoms with E-state index in [2.05, 4.69) is 5.32 Å². The van der Waals surface area contributed by atoms with Crippen LogP contribution in [0, 0.1) is 6.92 Å². The number of ether oxygens (including phenoxy) is 1. The van der Waals surface area contributed by atoms with Gasteiger partial charge in [-0.25, -0.2) is 8.42 Å². The lowest BCUT2D eigenvalue weighted by atomic mass is 10.1. The van der Waals surface area contributed by atoms with Crippen molar-refractivity contribution in [1.29, 1.82) is 0 Å². The van der Waals surface area contributed by atoms with Crippen molar-refractivity contribution in [3.05, 3.63) is 59.7 Å². The molecule has 0 aliphatic heterocycles. The second kappa shape index (κ2) is 11.9.